The lowest BCUT2D eigenvalue weighted by atomic mass is 10.1. The standard InChI is InChI=1S/C25H20F4N4O/c26-20-8-4-16(5-9-20)12-13-31-24(34)17-6-10-21(11-7-17)33-23(30)15-22(32-33)18-2-1-3-19(14-18)25(27,28)29/h1-11,14-15H,12-13,30H2,(H,31,34). The number of amides is 1. The number of halogens is 4. The monoisotopic (exact) mass is 468 g/mol. The van der Waals surface area contributed by atoms with Gasteiger partial charge in [0, 0.05) is 23.7 Å². The van der Waals surface area contributed by atoms with Gasteiger partial charge in [-0.25, -0.2) is 9.07 Å². The number of nitrogens with zero attached hydrogens (tertiary/aromatic N) is 2. The predicted octanol–water partition coefficient (Wildman–Crippen LogP) is 5.25. The van der Waals surface area contributed by atoms with Crippen LogP contribution in [0, 0.1) is 5.82 Å². The van der Waals surface area contributed by atoms with E-state index < -0.39 is 11.7 Å². The van der Waals surface area contributed by atoms with Crippen molar-refractivity contribution in [3.8, 4) is 16.9 Å². The number of hydrogen-bond donors (Lipinski definition) is 2. The van der Waals surface area contributed by atoms with E-state index in [4.69, 9.17) is 5.73 Å². The summed E-state index contributed by atoms with van der Waals surface area (Å²) in [6.45, 7) is 0.388. The topological polar surface area (TPSA) is 72.9 Å². The number of aromatic nitrogens is 2. The Hall–Kier alpha value is -4.14. The number of anilines is 1. The SMILES string of the molecule is Nc1cc(-c2cccc(C(F)(F)F)c2)nn1-c1ccc(C(=O)NCCc2ccc(F)cc2)cc1. The largest absolute Gasteiger partial charge is 0.416 e. The molecule has 4 aromatic rings. The van der Waals surface area contributed by atoms with Gasteiger partial charge in [0.15, 0.2) is 0 Å². The van der Waals surface area contributed by atoms with Gasteiger partial charge < -0.3 is 11.1 Å². The second-order valence-electron chi connectivity index (χ2n) is 7.62. The Morgan fingerprint density at radius 1 is 0.971 bits per heavy atom. The van der Waals surface area contributed by atoms with Gasteiger partial charge in [-0.15, -0.1) is 0 Å². The molecule has 1 aromatic heterocycles. The van der Waals surface area contributed by atoms with Gasteiger partial charge in [0.05, 0.1) is 16.9 Å². The molecular weight excluding hydrogens is 448 g/mol. The van der Waals surface area contributed by atoms with Crippen LogP contribution in [0.2, 0.25) is 0 Å². The highest BCUT2D eigenvalue weighted by molar-refractivity contribution is 5.94. The zero-order valence-electron chi connectivity index (χ0n) is 17.8. The van der Waals surface area contributed by atoms with Crippen LogP contribution in [0.15, 0.2) is 78.9 Å². The van der Waals surface area contributed by atoms with E-state index >= 15 is 0 Å². The van der Waals surface area contributed by atoms with Gasteiger partial charge in [-0.2, -0.15) is 18.3 Å². The van der Waals surface area contributed by atoms with Crippen molar-refractivity contribution in [3.63, 3.8) is 0 Å². The van der Waals surface area contributed by atoms with Crippen molar-refractivity contribution < 1.29 is 22.4 Å². The molecule has 3 aromatic carbocycles. The van der Waals surface area contributed by atoms with Crippen LogP contribution in [0.4, 0.5) is 23.4 Å². The van der Waals surface area contributed by atoms with Crippen LogP contribution in [-0.2, 0) is 12.6 Å². The number of nitrogens with two attached hydrogens (primary N) is 1. The van der Waals surface area contributed by atoms with Crippen LogP contribution in [0.5, 0.6) is 0 Å². The maximum atomic E-state index is 13.0. The molecule has 0 fully saturated rings. The maximum Gasteiger partial charge on any atom is 0.416 e. The number of carbonyl (C=O) groups is 1. The summed E-state index contributed by atoms with van der Waals surface area (Å²) in [7, 11) is 0. The third-order valence-electron chi connectivity index (χ3n) is 5.21. The number of nitrogen functional groups attached to an aromatic ring is 1. The minimum Gasteiger partial charge on any atom is -0.384 e. The molecule has 1 amide bonds. The summed E-state index contributed by atoms with van der Waals surface area (Å²) < 4.78 is 53.4. The summed E-state index contributed by atoms with van der Waals surface area (Å²) in [5.74, 6) is -0.344. The predicted molar refractivity (Wildman–Crippen MR) is 121 cm³/mol. The van der Waals surface area contributed by atoms with Crippen molar-refractivity contribution in [2.75, 3.05) is 12.3 Å². The van der Waals surface area contributed by atoms with Crippen LogP contribution in [0.3, 0.4) is 0 Å². The molecular formula is C25H20F4N4O. The summed E-state index contributed by atoms with van der Waals surface area (Å²) in [6.07, 6.45) is -3.90. The molecule has 0 saturated carbocycles. The van der Waals surface area contributed by atoms with Gasteiger partial charge in [0.1, 0.15) is 11.6 Å². The molecule has 0 saturated heterocycles. The Labute approximate surface area is 192 Å². The first-order valence-electron chi connectivity index (χ1n) is 10.4. The molecule has 0 bridgehead atoms. The van der Waals surface area contributed by atoms with Gasteiger partial charge in [-0.3, -0.25) is 4.79 Å². The minimum atomic E-state index is -4.46. The van der Waals surface area contributed by atoms with E-state index in [9.17, 15) is 22.4 Å². The summed E-state index contributed by atoms with van der Waals surface area (Å²) in [5, 5.41) is 7.14. The van der Waals surface area contributed by atoms with Crippen molar-refractivity contribution in [2.24, 2.45) is 0 Å². The zero-order chi connectivity index (χ0) is 24.3. The van der Waals surface area contributed by atoms with E-state index in [1.165, 1.54) is 35.0 Å². The minimum absolute atomic E-state index is 0.240. The third kappa shape index (κ3) is 5.25. The normalized spacial score (nSPS) is 11.4. The Morgan fingerprint density at radius 3 is 2.35 bits per heavy atom. The quantitative estimate of drug-likeness (QED) is 0.380. The van der Waals surface area contributed by atoms with Gasteiger partial charge in [-0.05, 0) is 60.5 Å². The number of hydrogen-bond acceptors (Lipinski definition) is 3. The van der Waals surface area contributed by atoms with E-state index in [2.05, 4.69) is 10.4 Å². The first-order valence-corrected chi connectivity index (χ1v) is 10.4. The fraction of sp³-hybridized carbons (Fsp3) is 0.120. The lowest BCUT2D eigenvalue weighted by Crippen LogP contribution is -2.25. The molecule has 0 unspecified atom stereocenters. The Morgan fingerprint density at radius 2 is 1.68 bits per heavy atom. The third-order valence-corrected chi connectivity index (χ3v) is 5.21. The van der Waals surface area contributed by atoms with E-state index in [-0.39, 0.29) is 23.1 Å². The summed E-state index contributed by atoms with van der Waals surface area (Å²) in [5.41, 5.74) is 7.74. The molecule has 0 radical (unpaired) electrons. The van der Waals surface area contributed by atoms with E-state index in [0.29, 0.717) is 29.9 Å². The lowest BCUT2D eigenvalue weighted by molar-refractivity contribution is -0.137. The molecule has 9 heteroatoms. The Kier molecular flexibility index (Phi) is 6.36. The van der Waals surface area contributed by atoms with Crippen molar-refractivity contribution in [1.82, 2.24) is 15.1 Å². The highest BCUT2D eigenvalue weighted by Gasteiger charge is 2.30. The first-order chi connectivity index (χ1) is 16.2. The van der Waals surface area contributed by atoms with Crippen molar-refractivity contribution in [3.05, 3.63) is 101 Å². The number of rotatable bonds is 6. The fourth-order valence-corrected chi connectivity index (χ4v) is 3.43. The van der Waals surface area contributed by atoms with Crippen LogP contribution < -0.4 is 11.1 Å². The van der Waals surface area contributed by atoms with Crippen LogP contribution >= 0.6 is 0 Å². The summed E-state index contributed by atoms with van der Waals surface area (Å²) in [6, 6.07) is 18.9. The van der Waals surface area contributed by atoms with Gasteiger partial charge in [-0.1, -0.05) is 24.3 Å². The maximum absolute atomic E-state index is 13.0. The Bertz CT molecular complexity index is 1300. The summed E-state index contributed by atoms with van der Waals surface area (Å²) >= 11 is 0. The molecule has 34 heavy (non-hydrogen) atoms. The number of carbonyl (C=O) groups excluding carboxylic acids is 1. The van der Waals surface area contributed by atoms with Gasteiger partial charge >= 0.3 is 6.18 Å². The molecule has 3 N–H and O–H groups in total. The summed E-state index contributed by atoms with van der Waals surface area (Å²) in [4.78, 5) is 12.4. The second-order valence-corrected chi connectivity index (χ2v) is 7.62. The number of nitrogens with one attached hydrogen (secondary N) is 1. The average molecular weight is 468 g/mol. The average Bonchev–Trinajstić information content (AvgIpc) is 3.21. The molecule has 0 aliphatic rings. The number of benzene rings is 3. The lowest BCUT2D eigenvalue weighted by Gasteiger charge is -2.08. The molecule has 174 valence electrons. The molecule has 4 rings (SSSR count). The Balaban J connectivity index is 1.44. The van der Waals surface area contributed by atoms with Crippen LogP contribution in [0.25, 0.3) is 16.9 Å². The van der Waals surface area contributed by atoms with Crippen molar-refractivity contribution in [1.29, 1.82) is 0 Å². The number of alkyl halides is 3. The van der Waals surface area contributed by atoms with Crippen LogP contribution in [0.1, 0.15) is 21.5 Å². The molecule has 0 atom stereocenters. The molecule has 0 aliphatic carbocycles. The molecule has 1 heterocycles. The van der Waals surface area contributed by atoms with Crippen molar-refractivity contribution >= 4 is 11.7 Å². The van der Waals surface area contributed by atoms with E-state index in [1.807, 2.05) is 0 Å². The molecule has 0 spiro atoms. The fourth-order valence-electron chi connectivity index (χ4n) is 3.43. The highest BCUT2D eigenvalue weighted by Crippen LogP contribution is 2.32. The van der Waals surface area contributed by atoms with Gasteiger partial charge in [0.2, 0.25) is 0 Å². The van der Waals surface area contributed by atoms with Crippen molar-refractivity contribution in [2.45, 2.75) is 12.6 Å². The van der Waals surface area contributed by atoms with Gasteiger partial charge in [0.25, 0.3) is 5.91 Å². The van der Waals surface area contributed by atoms with E-state index in [0.717, 1.165) is 17.7 Å². The van der Waals surface area contributed by atoms with Crippen LogP contribution in [-0.4, -0.2) is 22.2 Å². The molecule has 0 aliphatic heterocycles. The second kappa shape index (κ2) is 9.38. The van der Waals surface area contributed by atoms with E-state index in [1.54, 1.807) is 36.4 Å². The highest BCUT2D eigenvalue weighted by atomic mass is 19.4. The zero-order valence-corrected chi connectivity index (χ0v) is 17.8. The molecule has 5 nitrogen and oxygen atoms in total. The smallest absolute Gasteiger partial charge is 0.384 e. The first kappa shape index (κ1) is 23.0.